The molecule has 0 saturated carbocycles. The number of nitrogens with zero attached hydrogens (tertiary/aromatic N) is 5. The molecule has 3 aromatic heterocycles. The van der Waals surface area contributed by atoms with Crippen LogP contribution in [0.4, 0.5) is 5.82 Å². The Bertz CT molecular complexity index is 1270. The highest BCUT2D eigenvalue weighted by Crippen LogP contribution is 2.36. The summed E-state index contributed by atoms with van der Waals surface area (Å²) in [5.74, 6) is 0.738. The highest BCUT2D eigenvalue weighted by atomic mass is 16.6. The van der Waals surface area contributed by atoms with Crippen LogP contribution >= 0.6 is 0 Å². The van der Waals surface area contributed by atoms with E-state index in [1.165, 1.54) is 6.33 Å². The van der Waals surface area contributed by atoms with Crippen molar-refractivity contribution in [3.63, 3.8) is 0 Å². The molecule has 0 aliphatic rings. The van der Waals surface area contributed by atoms with Crippen LogP contribution in [0, 0.1) is 13.8 Å². The Hall–Kier alpha value is -3.55. The Labute approximate surface area is 174 Å². The lowest BCUT2D eigenvalue weighted by atomic mass is 10.0. The van der Waals surface area contributed by atoms with E-state index in [9.17, 15) is 4.79 Å². The monoisotopic (exact) mass is 404 g/mol. The maximum Gasteiger partial charge on any atom is 0.326 e. The van der Waals surface area contributed by atoms with Crippen molar-refractivity contribution in [1.82, 2.24) is 24.5 Å². The molecule has 0 unspecified atom stereocenters. The summed E-state index contributed by atoms with van der Waals surface area (Å²) in [6, 6.07) is 4.06. The zero-order valence-corrected chi connectivity index (χ0v) is 17.7. The topological polar surface area (TPSA) is 109 Å². The summed E-state index contributed by atoms with van der Waals surface area (Å²) in [4.78, 5) is 29.8. The van der Waals surface area contributed by atoms with E-state index in [1.807, 2.05) is 51.3 Å². The van der Waals surface area contributed by atoms with Crippen LogP contribution in [-0.2, 0) is 16.1 Å². The number of nitrogen functional groups attached to an aromatic ring is 1. The van der Waals surface area contributed by atoms with Gasteiger partial charge in [-0.1, -0.05) is 0 Å². The van der Waals surface area contributed by atoms with Crippen LogP contribution in [0.2, 0.25) is 0 Å². The smallest absolute Gasteiger partial charge is 0.326 e. The molecule has 0 bridgehead atoms. The van der Waals surface area contributed by atoms with Gasteiger partial charge in [0.05, 0.1) is 10.9 Å². The zero-order valence-electron chi connectivity index (χ0n) is 17.7. The molecule has 30 heavy (non-hydrogen) atoms. The molecule has 0 radical (unpaired) electrons. The molecule has 3 heterocycles. The van der Waals surface area contributed by atoms with E-state index in [1.54, 1.807) is 12.4 Å². The Balaban J connectivity index is 1.94. The molecule has 0 aliphatic heterocycles. The van der Waals surface area contributed by atoms with Crippen LogP contribution < -0.4 is 5.73 Å². The van der Waals surface area contributed by atoms with Crippen molar-refractivity contribution in [2.45, 2.75) is 46.8 Å². The van der Waals surface area contributed by atoms with Crippen LogP contribution in [0.3, 0.4) is 0 Å². The standard InChI is InChI=1S/C22H24N6O2/c1-12-6-14(15-8-24-13(2)25-9-15)7-16-18-20(23)26-11-27-21(18)28(19(12)16)10-17(29)30-22(3,4)5/h6-9,11H,10H2,1-5H3,(H2,23,26,27). The van der Waals surface area contributed by atoms with Crippen LogP contribution in [0.15, 0.2) is 30.9 Å². The van der Waals surface area contributed by atoms with Gasteiger partial charge in [-0.05, 0) is 57.9 Å². The molecule has 4 rings (SSSR count). The second kappa shape index (κ2) is 7.05. The van der Waals surface area contributed by atoms with E-state index in [4.69, 9.17) is 10.5 Å². The summed E-state index contributed by atoms with van der Waals surface area (Å²) >= 11 is 0. The summed E-state index contributed by atoms with van der Waals surface area (Å²) in [6.07, 6.45) is 5.00. The van der Waals surface area contributed by atoms with Gasteiger partial charge in [-0.15, -0.1) is 0 Å². The van der Waals surface area contributed by atoms with E-state index in [0.29, 0.717) is 22.7 Å². The quantitative estimate of drug-likeness (QED) is 0.520. The molecule has 8 nitrogen and oxygen atoms in total. The SMILES string of the molecule is Cc1ncc(-c2cc(C)c3c(c2)c2c(N)ncnc2n3CC(=O)OC(C)(C)C)cn1. The van der Waals surface area contributed by atoms with Gasteiger partial charge in [-0.25, -0.2) is 19.9 Å². The molecule has 0 aliphatic carbocycles. The van der Waals surface area contributed by atoms with Gasteiger partial charge in [0.2, 0.25) is 0 Å². The summed E-state index contributed by atoms with van der Waals surface area (Å²) in [5, 5.41) is 1.59. The first-order valence-electron chi connectivity index (χ1n) is 9.68. The van der Waals surface area contributed by atoms with Gasteiger partial charge in [0.1, 0.15) is 35.8 Å². The first-order valence-corrected chi connectivity index (χ1v) is 9.68. The lowest BCUT2D eigenvalue weighted by molar-refractivity contribution is -0.155. The van der Waals surface area contributed by atoms with E-state index >= 15 is 0 Å². The number of rotatable bonds is 3. The molecule has 0 spiro atoms. The number of nitrogens with two attached hydrogens (primary N) is 1. The number of carbonyl (C=O) groups excluding carboxylic acids is 1. The van der Waals surface area contributed by atoms with Gasteiger partial charge in [-0.2, -0.15) is 0 Å². The van der Waals surface area contributed by atoms with Crippen molar-refractivity contribution in [2.24, 2.45) is 0 Å². The number of benzene rings is 1. The minimum atomic E-state index is -0.572. The van der Waals surface area contributed by atoms with Gasteiger partial charge in [0.25, 0.3) is 0 Å². The van der Waals surface area contributed by atoms with Crippen LogP contribution in [-0.4, -0.2) is 36.1 Å². The molecule has 4 aromatic rings. The van der Waals surface area contributed by atoms with Crippen molar-refractivity contribution < 1.29 is 9.53 Å². The fourth-order valence-corrected chi connectivity index (χ4v) is 3.65. The molecular weight excluding hydrogens is 380 g/mol. The zero-order chi connectivity index (χ0) is 21.6. The average Bonchev–Trinajstić information content (AvgIpc) is 2.96. The van der Waals surface area contributed by atoms with Gasteiger partial charge < -0.3 is 15.0 Å². The highest BCUT2D eigenvalue weighted by molar-refractivity contribution is 6.13. The molecule has 8 heteroatoms. The third kappa shape index (κ3) is 3.56. The predicted molar refractivity (Wildman–Crippen MR) is 116 cm³/mol. The fourth-order valence-electron chi connectivity index (χ4n) is 3.65. The summed E-state index contributed by atoms with van der Waals surface area (Å²) in [7, 11) is 0. The van der Waals surface area contributed by atoms with Crippen LogP contribution in [0.1, 0.15) is 32.2 Å². The second-order valence-corrected chi connectivity index (χ2v) is 8.34. The minimum Gasteiger partial charge on any atom is -0.459 e. The number of aromatic nitrogens is 5. The first kappa shape index (κ1) is 19.8. The first-order chi connectivity index (χ1) is 14.1. The Morgan fingerprint density at radius 1 is 1.07 bits per heavy atom. The number of anilines is 1. The van der Waals surface area contributed by atoms with E-state index in [0.717, 1.165) is 27.6 Å². The summed E-state index contributed by atoms with van der Waals surface area (Å²) < 4.78 is 7.38. The number of esters is 1. The van der Waals surface area contributed by atoms with Crippen molar-refractivity contribution in [2.75, 3.05) is 5.73 Å². The minimum absolute atomic E-state index is 0.0293. The van der Waals surface area contributed by atoms with E-state index in [-0.39, 0.29) is 12.5 Å². The molecule has 0 amide bonds. The molecular formula is C22H24N6O2. The number of aryl methyl sites for hydroxylation is 2. The molecule has 2 N–H and O–H groups in total. The van der Waals surface area contributed by atoms with Crippen LogP contribution in [0.5, 0.6) is 0 Å². The average molecular weight is 404 g/mol. The molecule has 0 atom stereocenters. The summed E-state index contributed by atoms with van der Waals surface area (Å²) in [5.41, 5.74) is 9.96. The number of hydrogen-bond acceptors (Lipinski definition) is 7. The third-order valence-corrected chi connectivity index (χ3v) is 4.77. The molecule has 0 saturated heterocycles. The second-order valence-electron chi connectivity index (χ2n) is 8.34. The van der Waals surface area contributed by atoms with Gasteiger partial charge in [0.15, 0.2) is 0 Å². The van der Waals surface area contributed by atoms with Crippen molar-refractivity contribution >= 4 is 33.7 Å². The Kier molecular flexibility index (Phi) is 4.64. The predicted octanol–water partition coefficient (Wildman–Crippen LogP) is 3.58. The number of ether oxygens (including phenoxy) is 1. The van der Waals surface area contributed by atoms with Crippen molar-refractivity contribution in [3.8, 4) is 11.1 Å². The van der Waals surface area contributed by atoms with Gasteiger partial charge >= 0.3 is 5.97 Å². The van der Waals surface area contributed by atoms with Crippen LogP contribution in [0.25, 0.3) is 33.1 Å². The van der Waals surface area contributed by atoms with E-state index < -0.39 is 5.60 Å². The number of fused-ring (bicyclic) bond motifs is 3. The molecule has 0 fully saturated rings. The lowest BCUT2D eigenvalue weighted by Crippen LogP contribution is -2.26. The van der Waals surface area contributed by atoms with Crippen molar-refractivity contribution in [3.05, 3.63) is 42.2 Å². The lowest BCUT2D eigenvalue weighted by Gasteiger charge is -2.20. The maximum atomic E-state index is 12.6. The largest absolute Gasteiger partial charge is 0.459 e. The highest BCUT2D eigenvalue weighted by Gasteiger charge is 2.22. The molecule has 154 valence electrons. The van der Waals surface area contributed by atoms with Gasteiger partial charge in [-0.3, -0.25) is 4.79 Å². The number of carbonyl (C=O) groups is 1. The van der Waals surface area contributed by atoms with Gasteiger partial charge in [0, 0.05) is 23.3 Å². The normalized spacial score (nSPS) is 11.9. The maximum absolute atomic E-state index is 12.6. The summed E-state index contributed by atoms with van der Waals surface area (Å²) in [6.45, 7) is 9.41. The van der Waals surface area contributed by atoms with Crippen molar-refractivity contribution in [1.29, 1.82) is 0 Å². The molecule has 1 aromatic carbocycles. The third-order valence-electron chi connectivity index (χ3n) is 4.77. The fraction of sp³-hybridized carbons (Fsp3) is 0.318. The Morgan fingerprint density at radius 3 is 2.43 bits per heavy atom. The number of hydrogen-bond donors (Lipinski definition) is 1. The van der Waals surface area contributed by atoms with E-state index in [2.05, 4.69) is 19.9 Å². The Morgan fingerprint density at radius 2 is 1.77 bits per heavy atom.